The van der Waals surface area contributed by atoms with Crippen LogP contribution < -0.4 is 0 Å². The monoisotopic (exact) mass is 216 g/mol. The highest BCUT2D eigenvalue weighted by Gasteiger charge is 2.10. The molecular formula is C13H16N2O. The molecule has 1 heterocycles. The number of carbonyl (C=O) groups excluding carboxylic acids is 1. The SMILES string of the molecule is Cc1cn(C)c2ccc(C(=O)N(C)C)cc12. The van der Waals surface area contributed by atoms with Crippen LogP contribution in [0.3, 0.4) is 0 Å². The third-order valence-corrected chi connectivity index (χ3v) is 2.84. The lowest BCUT2D eigenvalue weighted by Gasteiger charge is -2.10. The quantitative estimate of drug-likeness (QED) is 0.717. The van der Waals surface area contributed by atoms with Crippen molar-refractivity contribution in [1.29, 1.82) is 0 Å². The maximum Gasteiger partial charge on any atom is 0.253 e. The van der Waals surface area contributed by atoms with Crippen molar-refractivity contribution in [2.45, 2.75) is 6.92 Å². The molecule has 0 aliphatic heterocycles. The van der Waals surface area contributed by atoms with E-state index in [4.69, 9.17) is 0 Å². The second-order valence-electron chi connectivity index (χ2n) is 4.35. The van der Waals surface area contributed by atoms with Crippen molar-refractivity contribution in [2.24, 2.45) is 7.05 Å². The summed E-state index contributed by atoms with van der Waals surface area (Å²) in [5.74, 6) is 0.0464. The first-order chi connectivity index (χ1) is 7.50. The predicted molar refractivity (Wildman–Crippen MR) is 65.7 cm³/mol. The van der Waals surface area contributed by atoms with Gasteiger partial charge in [0.05, 0.1) is 0 Å². The summed E-state index contributed by atoms with van der Waals surface area (Å²) in [6, 6.07) is 5.84. The largest absolute Gasteiger partial charge is 0.350 e. The molecule has 2 rings (SSSR count). The molecule has 1 aromatic heterocycles. The number of rotatable bonds is 1. The highest BCUT2D eigenvalue weighted by atomic mass is 16.2. The van der Waals surface area contributed by atoms with Crippen LogP contribution in [0.4, 0.5) is 0 Å². The van der Waals surface area contributed by atoms with Crippen LogP contribution >= 0.6 is 0 Å². The van der Waals surface area contributed by atoms with Gasteiger partial charge in [-0.15, -0.1) is 0 Å². The Morgan fingerprint density at radius 2 is 2.00 bits per heavy atom. The summed E-state index contributed by atoms with van der Waals surface area (Å²) in [4.78, 5) is 13.4. The van der Waals surface area contributed by atoms with Gasteiger partial charge < -0.3 is 9.47 Å². The minimum Gasteiger partial charge on any atom is -0.350 e. The van der Waals surface area contributed by atoms with Crippen LogP contribution in [-0.2, 0) is 7.05 Å². The number of carbonyl (C=O) groups is 1. The van der Waals surface area contributed by atoms with Crippen molar-refractivity contribution in [3.63, 3.8) is 0 Å². The number of benzene rings is 1. The van der Waals surface area contributed by atoms with Gasteiger partial charge >= 0.3 is 0 Å². The molecule has 0 N–H and O–H groups in total. The molecule has 1 amide bonds. The van der Waals surface area contributed by atoms with Crippen LogP contribution in [0.25, 0.3) is 10.9 Å². The predicted octanol–water partition coefficient (Wildman–Crippen LogP) is 2.19. The maximum absolute atomic E-state index is 11.8. The Morgan fingerprint density at radius 1 is 1.31 bits per heavy atom. The summed E-state index contributed by atoms with van der Waals surface area (Å²) in [5.41, 5.74) is 3.10. The second kappa shape index (κ2) is 3.67. The molecule has 0 bridgehead atoms. The molecule has 1 aromatic carbocycles. The van der Waals surface area contributed by atoms with Gasteiger partial charge in [0.2, 0.25) is 0 Å². The molecule has 0 unspecified atom stereocenters. The highest BCUT2D eigenvalue weighted by molar-refractivity contribution is 5.98. The molecule has 0 saturated heterocycles. The van der Waals surface area contributed by atoms with Crippen LogP contribution in [0, 0.1) is 6.92 Å². The van der Waals surface area contributed by atoms with Gasteiger partial charge in [-0.25, -0.2) is 0 Å². The van der Waals surface area contributed by atoms with Crippen LogP contribution in [-0.4, -0.2) is 29.5 Å². The third-order valence-electron chi connectivity index (χ3n) is 2.84. The van der Waals surface area contributed by atoms with E-state index >= 15 is 0 Å². The molecule has 0 aliphatic rings. The van der Waals surface area contributed by atoms with Crippen LogP contribution in [0.2, 0.25) is 0 Å². The van der Waals surface area contributed by atoms with E-state index in [1.807, 2.05) is 25.2 Å². The topological polar surface area (TPSA) is 25.2 Å². The molecule has 3 nitrogen and oxygen atoms in total. The Morgan fingerprint density at radius 3 is 2.62 bits per heavy atom. The smallest absolute Gasteiger partial charge is 0.253 e. The molecule has 16 heavy (non-hydrogen) atoms. The highest BCUT2D eigenvalue weighted by Crippen LogP contribution is 2.21. The summed E-state index contributed by atoms with van der Waals surface area (Å²) in [6.45, 7) is 2.06. The number of amides is 1. The zero-order valence-electron chi connectivity index (χ0n) is 10.1. The van der Waals surface area contributed by atoms with E-state index in [-0.39, 0.29) is 5.91 Å². The Hall–Kier alpha value is -1.77. The van der Waals surface area contributed by atoms with Gasteiger partial charge in [0.15, 0.2) is 0 Å². The van der Waals surface area contributed by atoms with Crippen molar-refractivity contribution in [1.82, 2.24) is 9.47 Å². The number of aromatic nitrogens is 1. The summed E-state index contributed by atoms with van der Waals surface area (Å²) in [7, 11) is 5.55. The Balaban J connectivity index is 2.60. The fraction of sp³-hybridized carbons (Fsp3) is 0.308. The molecule has 3 heteroatoms. The lowest BCUT2D eigenvalue weighted by atomic mass is 10.1. The maximum atomic E-state index is 11.8. The first-order valence-corrected chi connectivity index (χ1v) is 5.28. The van der Waals surface area contributed by atoms with E-state index in [0.717, 1.165) is 16.5 Å². The van der Waals surface area contributed by atoms with E-state index < -0.39 is 0 Å². The molecule has 2 aromatic rings. The molecule has 0 atom stereocenters. The minimum absolute atomic E-state index is 0.0464. The molecule has 0 saturated carbocycles. The standard InChI is InChI=1S/C13H16N2O/c1-9-8-15(4)12-6-5-10(7-11(9)12)13(16)14(2)3/h5-8H,1-4H3. The Labute approximate surface area is 95.3 Å². The summed E-state index contributed by atoms with van der Waals surface area (Å²) in [6.07, 6.45) is 2.08. The van der Waals surface area contributed by atoms with Gasteiger partial charge in [0.1, 0.15) is 0 Å². The third kappa shape index (κ3) is 1.58. The van der Waals surface area contributed by atoms with E-state index in [9.17, 15) is 4.79 Å². The van der Waals surface area contributed by atoms with Crippen LogP contribution in [0.15, 0.2) is 24.4 Å². The first kappa shape index (κ1) is 10.7. The van der Waals surface area contributed by atoms with Gasteiger partial charge in [-0.1, -0.05) is 0 Å². The van der Waals surface area contributed by atoms with E-state index in [0.29, 0.717) is 0 Å². The van der Waals surface area contributed by atoms with Gasteiger partial charge in [0.25, 0.3) is 5.91 Å². The van der Waals surface area contributed by atoms with E-state index in [2.05, 4.69) is 17.7 Å². The number of nitrogens with zero attached hydrogens (tertiary/aromatic N) is 2. The fourth-order valence-corrected chi connectivity index (χ4v) is 1.98. The lowest BCUT2D eigenvalue weighted by molar-refractivity contribution is 0.0828. The van der Waals surface area contributed by atoms with Crippen molar-refractivity contribution in [3.8, 4) is 0 Å². The molecule has 0 fully saturated rings. The minimum atomic E-state index is 0.0464. The van der Waals surface area contributed by atoms with Crippen molar-refractivity contribution in [3.05, 3.63) is 35.5 Å². The van der Waals surface area contributed by atoms with Gasteiger partial charge in [-0.2, -0.15) is 0 Å². The summed E-state index contributed by atoms with van der Waals surface area (Å²) < 4.78 is 2.08. The summed E-state index contributed by atoms with van der Waals surface area (Å²) >= 11 is 0. The van der Waals surface area contributed by atoms with Gasteiger partial charge in [0, 0.05) is 43.8 Å². The first-order valence-electron chi connectivity index (χ1n) is 5.28. The van der Waals surface area contributed by atoms with Crippen molar-refractivity contribution < 1.29 is 4.79 Å². The molecular weight excluding hydrogens is 200 g/mol. The van der Waals surface area contributed by atoms with Gasteiger partial charge in [-0.3, -0.25) is 4.79 Å². The van der Waals surface area contributed by atoms with Gasteiger partial charge in [-0.05, 0) is 30.7 Å². The normalized spacial score (nSPS) is 10.8. The van der Waals surface area contributed by atoms with Crippen LogP contribution in [0.5, 0.6) is 0 Å². The Kier molecular flexibility index (Phi) is 2.46. The zero-order valence-corrected chi connectivity index (χ0v) is 10.1. The number of fused-ring (bicyclic) bond motifs is 1. The molecule has 0 radical (unpaired) electrons. The number of hydrogen-bond acceptors (Lipinski definition) is 1. The number of hydrogen-bond donors (Lipinski definition) is 0. The summed E-state index contributed by atoms with van der Waals surface area (Å²) in [5, 5.41) is 1.15. The van der Waals surface area contributed by atoms with E-state index in [1.54, 1.807) is 19.0 Å². The fourth-order valence-electron chi connectivity index (χ4n) is 1.98. The molecule has 0 spiro atoms. The van der Waals surface area contributed by atoms with E-state index in [1.165, 1.54) is 5.56 Å². The van der Waals surface area contributed by atoms with Crippen molar-refractivity contribution >= 4 is 16.8 Å². The molecule has 84 valence electrons. The Bertz CT molecular complexity index is 552. The number of aryl methyl sites for hydroxylation is 2. The average molecular weight is 216 g/mol. The average Bonchev–Trinajstić information content (AvgIpc) is 2.53. The zero-order chi connectivity index (χ0) is 11.9. The van der Waals surface area contributed by atoms with Crippen molar-refractivity contribution in [2.75, 3.05) is 14.1 Å². The van der Waals surface area contributed by atoms with Crippen LogP contribution in [0.1, 0.15) is 15.9 Å². The lowest BCUT2D eigenvalue weighted by Crippen LogP contribution is -2.21. The second-order valence-corrected chi connectivity index (χ2v) is 4.35. The molecule has 0 aliphatic carbocycles.